The van der Waals surface area contributed by atoms with Crippen LogP contribution in [0.25, 0.3) is 0 Å². The summed E-state index contributed by atoms with van der Waals surface area (Å²) in [6, 6.07) is 0. The summed E-state index contributed by atoms with van der Waals surface area (Å²) in [6.45, 7) is 5.98. The largest absolute Gasteiger partial charge is 0.460 e. The number of hydrogen-bond donors (Lipinski definition) is 1. The Bertz CT molecular complexity index is 315. The lowest BCUT2D eigenvalue weighted by atomic mass is 10.0. The molecule has 0 heterocycles. The molecule has 3 heteroatoms. The van der Waals surface area contributed by atoms with Crippen molar-refractivity contribution in [3.05, 3.63) is 23.3 Å². The quantitative estimate of drug-likeness (QED) is 0.587. The van der Waals surface area contributed by atoms with Crippen molar-refractivity contribution in [2.75, 3.05) is 13.2 Å². The zero-order valence-corrected chi connectivity index (χ0v) is 10.2. The van der Waals surface area contributed by atoms with Crippen LogP contribution in [0.1, 0.15) is 27.2 Å². The molecule has 0 amide bonds. The van der Waals surface area contributed by atoms with Gasteiger partial charge < -0.3 is 9.84 Å². The van der Waals surface area contributed by atoms with E-state index in [1.807, 2.05) is 26.8 Å². The Morgan fingerprint density at radius 3 is 2.88 bits per heavy atom. The Morgan fingerprint density at radius 2 is 2.31 bits per heavy atom. The number of rotatable bonds is 4. The number of carbonyl (C=O) groups is 1. The first-order chi connectivity index (χ1) is 7.61. The topological polar surface area (TPSA) is 46.5 Å². The third-order valence-corrected chi connectivity index (χ3v) is 3.05. The van der Waals surface area contributed by atoms with Gasteiger partial charge >= 0.3 is 5.97 Å². The van der Waals surface area contributed by atoms with E-state index in [-0.39, 0.29) is 25.1 Å². The summed E-state index contributed by atoms with van der Waals surface area (Å²) < 4.78 is 4.97. The summed E-state index contributed by atoms with van der Waals surface area (Å²) in [4.78, 5) is 11.8. The second-order valence-corrected chi connectivity index (χ2v) is 4.23. The van der Waals surface area contributed by atoms with E-state index in [0.717, 1.165) is 17.6 Å². The smallest absolute Gasteiger partial charge is 0.334 e. The van der Waals surface area contributed by atoms with Gasteiger partial charge in [-0.05, 0) is 32.1 Å². The molecule has 1 rings (SSSR count). The van der Waals surface area contributed by atoms with Crippen LogP contribution in [0.3, 0.4) is 0 Å². The molecule has 16 heavy (non-hydrogen) atoms. The van der Waals surface area contributed by atoms with Gasteiger partial charge in [-0.3, -0.25) is 0 Å². The van der Waals surface area contributed by atoms with Crippen molar-refractivity contribution in [1.29, 1.82) is 0 Å². The van der Waals surface area contributed by atoms with E-state index in [1.165, 1.54) is 0 Å². The molecule has 0 bridgehead atoms. The van der Waals surface area contributed by atoms with Gasteiger partial charge in [0.15, 0.2) is 0 Å². The lowest BCUT2D eigenvalue weighted by Gasteiger charge is -2.08. The van der Waals surface area contributed by atoms with Crippen LogP contribution in [0.15, 0.2) is 23.3 Å². The number of aliphatic hydroxyl groups is 1. The van der Waals surface area contributed by atoms with Crippen molar-refractivity contribution in [2.45, 2.75) is 27.2 Å². The van der Waals surface area contributed by atoms with Gasteiger partial charge in [-0.25, -0.2) is 4.79 Å². The average Bonchev–Trinajstić information content (AvgIpc) is 2.52. The fourth-order valence-electron chi connectivity index (χ4n) is 2.30. The maximum absolute atomic E-state index is 11.8. The molecule has 1 N–H and O–H groups in total. The fourth-order valence-corrected chi connectivity index (χ4v) is 2.30. The zero-order valence-electron chi connectivity index (χ0n) is 10.2. The molecule has 1 aliphatic rings. The van der Waals surface area contributed by atoms with Crippen molar-refractivity contribution in [3.8, 4) is 0 Å². The van der Waals surface area contributed by atoms with Gasteiger partial charge in [0.2, 0.25) is 0 Å². The predicted molar refractivity (Wildman–Crippen MR) is 62.8 cm³/mol. The van der Waals surface area contributed by atoms with Crippen LogP contribution in [0.5, 0.6) is 0 Å². The van der Waals surface area contributed by atoms with Crippen LogP contribution in [-0.2, 0) is 9.53 Å². The summed E-state index contributed by atoms with van der Waals surface area (Å²) >= 11 is 0. The van der Waals surface area contributed by atoms with E-state index in [2.05, 4.69) is 6.08 Å². The van der Waals surface area contributed by atoms with E-state index in [4.69, 9.17) is 9.84 Å². The minimum Gasteiger partial charge on any atom is -0.460 e. The van der Waals surface area contributed by atoms with Gasteiger partial charge in [0.1, 0.15) is 6.61 Å². The molecule has 0 saturated carbocycles. The Labute approximate surface area is 96.8 Å². The van der Waals surface area contributed by atoms with Gasteiger partial charge in [-0.15, -0.1) is 0 Å². The first-order valence-corrected chi connectivity index (χ1v) is 5.73. The third kappa shape index (κ3) is 2.73. The average molecular weight is 224 g/mol. The monoisotopic (exact) mass is 224 g/mol. The van der Waals surface area contributed by atoms with E-state index < -0.39 is 0 Å². The van der Waals surface area contributed by atoms with Crippen LogP contribution >= 0.6 is 0 Å². The molecule has 0 saturated heterocycles. The summed E-state index contributed by atoms with van der Waals surface area (Å²) in [5.41, 5.74) is 1.89. The Morgan fingerprint density at radius 1 is 1.62 bits per heavy atom. The second-order valence-electron chi connectivity index (χ2n) is 4.23. The maximum atomic E-state index is 11.8. The SMILES string of the molecule is C/C=C\C1CC(C)C(C(=O)OCCO)=C1C. The maximum Gasteiger partial charge on any atom is 0.334 e. The van der Waals surface area contributed by atoms with Crippen LogP contribution < -0.4 is 0 Å². The second kappa shape index (κ2) is 5.85. The molecule has 0 aromatic rings. The highest BCUT2D eigenvalue weighted by atomic mass is 16.5. The zero-order chi connectivity index (χ0) is 12.1. The number of carbonyl (C=O) groups excluding carboxylic acids is 1. The molecule has 0 aromatic heterocycles. The molecule has 90 valence electrons. The molecule has 2 unspecified atom stereocenters. The van der Waals surface area contributed by atoms with Crippen LogP contribution in [0, 0.1) is 11.8 Å². The highest BCUT2D eigenvalue weighted by Crippen LogP contribution is 2.37. The van der Waals surface area contributed by atoms with Crippen LogP contribution in [0.2, 0.25) is 0 Å². The lowest BCUT2D eigenvalue weighted by molar-refractivity contribution is -0.140. The highest BCUT2D eigenvalue weighted by Gasteiger charge is 2.31. The molecule has 0 fully saturated rings. The summed E-state index contributed by atoms with van der Waals surface area (Å²) in [5, 5.41) is 8.62. The molecule has 3 nitrogen and oxygen atoms in total. The van der Waals surface area contributed by atoms with Gasteiger partial charge in [0, 0.05) is 5.57 Å². The van der Waals surface area contributed by atoms with Crippen molar-refractivity contribution in [2.24, 2.45) is 11.8 Å². The number of hydrogen-bond acceptors (Lipinski definition) is 3. The standard InChI is InChI=1S/C13H20O3/c1-4-5-11-8-9(2)12(10(11)3)13(15)16-7-6-14/h4-5,9,11,14H,6-8H2,1-3H3/b5-4-. The Kier molecular flexibility index (Phi) is 4.74. The summed E-state index contributed by atoms with van der Waals surface area (Å²) in [5.74, 6) is 0.329. The van der Waals surface area contributed by atoms with E-state index in [9.17, 15) is 4.79 Å². The van der Waals surface area contributed by atoms with Crippen LogP contribution in [-0.4, -0.2) is 24.3 Å². The minimum atomic E-state index is -0.272. The number of ether oxygens (including phenoxy) is 1. The first-order valence-electron chi connectivity index (χ1n) is 5.73. The van der Waals surface area contributed by atoms with Gasteiger partial charge in [0.25, 0.3) is 0 Å². The van der Waals surface area contributed by atoms with Gasteiger partial charge in [0.05, 0.1) is 6.61 Å². The third-order valence-electron chi connectivity index (χ3n) is 3.05. The molecule has 2 atom stereocenters. The number of allylic oxidation sites excluding steroid dienone is 3. The number of aliphatic hydroxyl groups excluding tert-OH is 1. The molecular formula is C13H20O3. The molecule has 0 aliphatic heterocycles. The minimum absolute atomic E-state index is 0.0800. The van der Waals surface area contributed by atoms with E-state index >= 15 is 0 Å². The van der Waals surface area contributed by atoms with Gasteiger partial charge in [-0.1, -0.05) is 24.6 Å². The summed E-state index contributed by atoms with van der Waals surface area (Å²) in [7, 11) is 0. The first kappa shape index (κ1) is 13.0. The van der Waals surface area contributed by atoms with Crippen molar-refractivity contribution < 1.29 is 14.6 Å². The Hall–Kier alpha value is -1.09. The Balaban J connectivity index is 2.80. The molecule has 0 aromatic carbocycles. The van der Waals surface area contributed by atoms with Crippen LogP contribution in [0.4, 0.5) is 0 Å². The van der Waals surface area contributed by atoms with E-state index in [1.54, 1.807) is 0 Å². The van der Waals surface area contributed by atoms with E-state index in [0.29, 0.717) is 5.92 Å². The van der Waals surface area contributed by atoms with Crippen molar-refractivity contribution in [3.63, 3.8) is 0 Å². The molecular weight excluding hydrogens is 204 g/mol. The molecule has 0 radical (unpaired) electrons. The highest BCUT2D eigenvalue weighted by molar-refractivity contribution is 5.90. The molecule has 0 spiro atoms. The fraction of sp³-hybridized carbons (Fsp3) is 0.615. The van der Waals surface area contributed by atoms with Gasteiger partial charge in [-0.2, -0.15) is 0 Å². The molecule has 1 aliphatic carbocycles. The lowest BCUT2D eigenvalue weighted by Crippen LogP contribution is -2.14. The van der Waals surface area contributed by atoms with Crippen molar-refractivity contribution in [1.82, 2.24) is 0 Å². The predicted octanol–water partition coefficient (Wildman–Crippen LogP) is 2.07. The summed E-state index contributed by atoms with van der Waals surface area (Å²) in [6.07, 6.45) is 5.11. The number of esters is 1. The van der Waals surface area contributed by atoms with Crippen molar-refractivity contribution >= 4 is 5.97 Å². The normalized spacial score (nSPS) is 25.5.